The van der Waals surface area contributed by atoms with Crippen molar-refractivity contribution in [2.45, 2.75) is 13.8 Å². The first-order valence-corrected chi connectivity index (χ1v) is 9.68. The lowest BCUT2D eigenvalue weighted by Crippen LogP contribution is -2.15. The van der Waals surface area contributed by atoms with Gasteiger partial charge in [0.15, 0.2) is 0 Å². The van der Waals surface area contributed by atoms with E-state index >= 15 is 0 Å². The van der Waals surface area contributed by atoms with Crippen LogP contribution < -0.4 is 10.1 Å². The van der Waals surface area contributed by atoms with Gasteiger partial charge in [0.25, 0.3) is 5.91 Å². The zero-order valence-electron chi connectivity index (χ0n) is 15.9. The molecule has 0 spiro atoms. The van der Waals surface area contributed by atoms with Crippen molar-refractivity contribution in [2.24, 2.45) is 0 Å². The molecule has 28 heavy (non-hydrogen) atoms. The minimum Gasteiger partial charge on any atom is -0.493 e. The molecule has 0 aliphatic heterocycles. The number of benzene rings is 2. The third kappa shape index (κ3) is 3.92. The van der Waals surface area contributed by atoms with Gasteiger partial charge in [-0.3, -0.25) is 4.79 Å². The molecule has 3 aromatic rings. The Hall–Kier alpha value is -3.12. The first-order chi connectivity index (χ1) is 13.6. The first-order valence-electron chi connectivity index (χ1n) is 8.87. The summed E-state index contributed by atoms with van der Waals surface area (Å²) < 4.78 is 10.5. The van der Waals surface area contributed by atoms with Crippen LogP contribution in [0, 0.1) is 6.92 Å². The summed E-state index contributed by atoms with van der Waals surface area (Å²) in [4.78, 5) is 26.3. The van der Waals surface area contributed by atoms with Crippen molar-refractivity contribution in [1.29, 1.82) is 0 Å². The standard InChI is InChI=1S/C22H21NO4S/c1-4-27-17-13-9-8-12-16(17)20(24)23-21-19(22(25)26-3)18(14(2)28-21)15-10-6-5-7-11-15/h5-13H,4H2,1-3H3,(H,23,24). The minimum atomic E-state index is -0.489. The van der Waals surface area contributed by atoms with Gasteiger partial charge in [0.05, 0.1) is 19.3 Å². The van der Waals surface area contributed by atoms with Gasteiger partial charge in [-0.05, 0) is 31.5 Å². The Balaban J connectivity index is 2.03. The summed E-state index contributed by atoms with van der Waals surface area (Å²) in [5, 5.41) is 3.33. The number of methoxy groups -OCH3 is 1. The van der Waals surface area contributed by atoms with E-state index < -0.39 is 5.97 Å². The van der Waals surface area contributed by atoms with Gasteiger partial charge in [-0.1, -0.05) is 42.5 Å². The van der Waals surface area contributed by atoms with Crippen molar-refractivity contribution in [3.63, 3.8) is 0 Å². The largest absolute Gasteiger partial charge is 0.493 e. The highest BCUT2D eigenvalue weighted by atomic mass is 32.1. The van der Waals surface area contributed by atoms with E-state index in [9.17, 15) is 9.59 Å². The predicted octanol–water partition coefficient (Wildman–Crippen LogP) is 5.16. The molecule has 0 bridgehead atoms. The Morgan fingerprint density at radius 1 is 1.04 bits per heavy atom. The van der Waals surface area contributed by atoms with Gasteiger partial charge < -0.3 is 14.8 Å². The lowest BCUT2D eigenvalue weighted by Gasteiger charge is -2.11. The van der Waals surface area contributed by atoms with Crippen LogP contribution in [0.3, 0.4) is 0 Å². The molecule has 0 saturated carbocycles. The van der Waals surface area contributed by atoms with E-state index in [0.717, 1.165) is 16.0 Å². The number of ether oxygens (including phenoxy) is 2. The van der Waals surface area contributed by atoms with Crippen molar-refractivity contribution >= 4 is 28.2 Å². The normalized spacial score (nSPS) is 10.4. The number of carbonyl (C=O) groups excluding carboxylic acids is 2. The maximum absolute atomic E-state index is 12.9. The Bertz CT molecular complexity index is 995. The van der Waals surface area contributed by atoms with Gasteiger partial charge in [-0.15, -0.1) is 11.3 Å². The summed E-state index contributed by atoms with van der Waals surface area (Å²) in [7, 11) is 1.33. The second-order valence-corrected chi connectivity index (χ2v) is 7.20. The van der Waals surface area contributed by atoms with Crippen molar-refractivity contribution in [2.75, 3.05) is 19.0 Å². The summed E-state index contributed by atoms with van der Waals surface area (Å²) in [5.41, 5.74) is 2.43. The van der Waals surface area contributed by atoms with Crippen LogP contribution in [-0.4, -0.2) is 25.6 Å². The number of amides is 1. The van der Waals surface area contributed by atoms with Gasteiger partial charge in [0, 0.05) is 10.4 Å². The molecule has 0 unspecified atom stereocenters. The maximum atomic E-state index is 12.9. The number of anilines is 1. The summed E-state index contributed by atoms with van der Waals surface area (Å²) in [5.74, 6) is -0.328. The number of nitrogens with one attached hydrogen (secondary N) is 1. The van der Waals surface area contributed by atoms with E-state index in [1.54, 1.807) is 18.2 Å². The van der Waals surface area contributed by atoms with Gasteiger partial charge in [-0.2, -0.15) is 0 Å². The van der Waals surface area contributed by atoms with E-state index in [4.69, 9.17) is 9.47 Å². The zero-order chi connectivity index (χ0) is 20.1. The van der Waals surface area contributed by atoms with E-state index in [2.05, 4.69) is 5.32 Å². The van der Waals surface area contributed by atoms with Crippen LogP contribution >= 0.6 is 11.3 Å². The van der Waals surface area contributed by atoms with Crippen molar-refractivity contribution < 1.29 is 19.1 Å². The highest BCUT2D eigenvalue weighted by Gasteiger charge is 2.25. The summed E-state index contributed by atoms with van der Waals surface area (Å²) in [6, 6.07) is 16.6. The van der Waals surface area contributed by atoms with Crippen molar-refractivity contribution in [3.8, 4) is 16.9 Å². The molecule has 3 rings (SSSR count). The highest BCUT2D eigenvalue weighted by molar-refractivity contribution is 7.17. The van der Waals surface area contributed by atoms with Crippen molar-refractivity contribution in [1.82, 2.24) is 0 Å². The number of rotatable bonds is 6. The molecular formula is C22H21NO4S. The molecule has 0 radical (unpaired) electrons. The Morgan fingerprint density at radius 2 is 1.71 bits per heavy atom. The monoisotopic (exact) mass is 395 g/mol. The van der Waals surface area contributed by atoms with E-state index in [-0.39, 0.29) is 5.91 Å². The van der Waals surface area contributed by atoms with Crippen LogP contribution in [0.5, 0.6) is 5.75 Å². The van der Waals surface area contributed by atoms with Gasteiger partial charge in [0.2, 0.25) is 0 Å². The van der Waals surface area contributed by atoms with E-state index in [1.807, 2.05) is 50.2 Å². The first kappa shape index (κ1) is 19.6. The lowest BCUT2D eigenvalue weighted by atomic mass is 10.0. The fourth-order valence-corrected chi connectivity index (χ4v) is 4.05. The molecule has 0 saturated heterocycles. The number of esters is 1. The third-order valence-corrected chi connectivity index (χ3v) is 5.22. The lowest BCUT2D eigenvalue weighted by molar-refractivity contribution is 0.0603. The fraction of sp³-hybridized carbons (Fsp3) is 0.182. The quantitative estimate of drug-likeness (QED) is 0.586. The number of hydrogen-bond donors (Lipinski definition) is 1. The molecule has 1 heterocycles. The van der Waals surface area contributed by atoms with Gasteiger partial charge in [-0.25, -0.2) is 4.79 Å². The molecule has 1 amide bonds. The number of para-hydroxylation sites is 1. The molecule has 0 atom stereocenters. The third-order valence-electron chi connectivity index (χ3n) is 4.19. The molecule has 5 nitrogen and oxygen atoms in total. The number of aryl methyl sites for hydroxylation is 1. The second-order valence-electron chi connectivity index (χ2n) is 5.98. The molecule has 2 aromatic carbocycles. The number of hydrogen-bond acceptors (Lipinski definition) is 5. The molecule has 144 valence electrons. The van der Waals surface area contributed by atoms with Crippen LogP contribution in [0.4, 0.5) is 5.00 Å². The second kappa shape index (κ2) is 8.71. The zero-order valence-corrected chi connectivity index (χ0v) is 16.8. The minimum absolute atomic E-state index is 0.338. The summed E-state index contributed by atoms with van der Waals surface area (Å²) in [6.07, 6.45) is 0. The average molecular weight is 395 g/mol. The summed E-state index contributed by atoms with van der Waals surface area (Å²) >= 11 is 1.35. The molecule has 0 aliphatic carbocycles. The summed E-state index contributed by atoms with van der Waals surface area (Å²) in [6.45, 7) is 4.23. The number of carbonyl (C=O) groups is 2. The van der Waals surface area contributed by atoms with Gasteiger partial charge in [0.1, 0.15) is 16.3 Å². The van der Waals surface area contributed by atoms with Gasteiger partial charge >= 0.3 is 5.97 Å². The Kier molecular flexibility index (Phi) is 6.11. The predicted molar refractivity (Wildman–Crippen MR) is 111 cm³/mol. The smallest absolute Gasteiger partial charge is 0.341 e. The molecule has 1 N–H and O–H groups in total. The van der Waals surface area contributed by atoms with Crippen LogP contribution in [0.25, 0.3) is 11.1 Å². The number of thiophene rings is 1. The van der Waals surface area contributed by atoms with Crippen LogP contribution in [-0.2, 0) is 4.74 Å². The molecular weight excluding hydrogens is 374 g/mol. The van der Waals surface area contributed by atoms with Crippen LogP contribution in [0.2, 0.25) is 0 Å². The topological polar surface area (TPSA) is 64.6 Å². The fourth-order valence-electron chi connectivity index (χ4n) is 2.99. The maximum Gasteiger partial charge on any atom is 0.341 e. The van der Waals surface area contributed by atoms with Crippen LogP contribution in [0.1, 0.15) is 32.5 Å². The average Bonchev–Trinajstić information content (AvgIpc) is 3.04. The Labute approximate surface area is 167 Å². The van der Waals surface area contributed by atoms with E-state index in [1.165, 1.54) is 18.4 Å². The Morgan fingerprint density at radius 3 is 2.39 bits per heavy atom. The van der Waals surface area contributed by atoms with Crippen molar-refractivity contribution in [3.05, 3.63) is 70.6 Å². The SMILES string of the molecule is CCOc1ccccc1C(=O)Nc1sc(C)c(-c2ccccc2)c1C(=O)OC. The molecule has 6 heteroatoms. The highest BCUT2D eigenvalue weighted by Crippen LogP contribution is 2.40. The molecule has 1 aromatic heterocycles. The van der Waals surface area contributed by atoms with E-state index in [0.29, 0.717) is 28.5 Å². The van der Waals surface area contributed by atoms with Crippen LogP contribution in [0.15, 0.2) is 54.6 Å². The molecule has 0 fully saturated rings. The molecule has 0 aliphatic rings.